The Hall–Kier alpha value is -1.29. The number of aliphatic hydroxyl groups excluding tert-OH is 1. The van der Waals surface area contributed by atoms with Crippen LogP contribution in [0.2, 0.25) is 0 Å². The van der Waals surface area contributed by atoms with Gasteiger partial charge in [-0.05, 0) is 0 Å². The van der Waals surface area contributed by atoms with E-state index >= 15 is 0 Å². The molecule has 0 atom stereocenters. The lowest BCUT2D eigenvalue weighted by Crippen LogP contribution is -2.29. The highest BCUT2D eigenvalue weighted by Gasteiger charge is 2.20. The molecule has 0 aliphatic heterocycles. The number of likely N-dealkylation sites (N-methyl/N-ethyl adjacent to an activating group) is 1. The molecule has 0 aromatic carbocycles. The maximum Gasteiger partial charge on any atom is 0.245 e. The summed E-state index contributed by atoms with van der Waals surface area (Å²) >= 11 is 0. The fraction of sp³-hybridized carbons (Fsp3) is 0.429. The number of sulfonamides is 1. The first-order chi connectivity index (χ1) is 7.52. The van der Waals surface area contributed by atoms with Crippen molar-refractivity contribution in [1.82, 2.24) is 14.3 Å². The normalized spacial score (nSPS) is 11.8. The molecule has 8 nitrogen and oxygen atoms in total. The van der Waals surface area contributed by atoms with E-state index in [4.69, 9.17) is 10.9 Å². The molecule has 0 unspecified atom stereocenters. The molecule has 1 aromatic rings. The van der Waals surface area contributed by atoms with Gasteiger partial charge in [0, 0.05) is 13.6 Å². The Balaban J connectivity index is 2.98. The molecule has 16 heavy (non-hydrogen) atoms. The third kappa shape index (κ3) is 2.64. The van der Waals surface area contributed by atoms with Crippen molar-refractivity contribution in [3.05, 3.63) is 12.4 Å². The van der Waals surface area contributed by atoms with Crippen LogP contribution in [-0.2, 0) is 10.0 Å². The van der Waals surface area contributed by atoms with E-state index in [0.29, 0.717) is 0 Å². The Kier molecular flexibility index (Phi) is 4.12. The van der Waals surface area contributed by atoms with Crippen molar-refractivity contribution < 1.29 is 13.5 Å². The second kappa shape index (κ2) is 5.16. The van der Waals surface area contributed by atoms with Crippen molar-refractivity contribution in [2.45, 2.75) is 4.90 Å². The molecular formula is C7H13N5O3S. The molecule has 90 valence electrons. The average molecular weight is 247 g/mol. The van der Waals surface area contributed by atoms with Crippen molar-refractivity contribution in [3.8, 4) is 0 Å². The fourth-order valence-corrected chi connectivity index (χ4v) is 2.02. The predicted octanol–water partition coefficient (Wildman–Crippen LogP) is -1.62. The lowest BCUT2D eigenvalue weighted by atomic mass is 10.7. The molecule has 0 bridgehead atoms. The number of nitrogens with zero attached hydrogens (tertiary/aromatic N) is 3. The van der Waals surface area contributed by atoms with Crippen LogP contribution >= 0.6 is 0 Å². The van der Waals surface area contributed by atoms with Gasteiger partial charge < -0.3 is 5.11 Å². The highest BCUT2D eigenvalue weighted by atomic mass is 32.2. The number of hydrazine groups is 1. The summed E-state index contributed by atoms with van der Waals surface area (Å²) in [5.41, 5.74) is 2.19. The summed E-state index contributed by atoms with van der Waals surface area (Å²) in [6.45, 7) is -0.238. The van der Waals surface area contributed by atoms with Crippen molar-refractivity contribution >= 4 is 16.0 Å². The zero-order valence-corrected chi connectivity index (χ0v) is 9.48. The highest BCUT2D eigenvalue weighted by molar-refractivity contribution is 7.89. The summed E-state index contributed by atoms with van der Waals surface area (Å²) in [6, 6.07) is 0. The molecule has 0 saturated carbocycles. The topological polar surface area (TPSA) is 121 Å². The van der Waals surface area contributed by atoms with Crippen LogP contribution < -0.4 is 11.3 Å². The third-order valence-electron chi connectivity index (χ3n) is 1.88. The smallest absolute Gasteiger partial charge is 0.245 e. The molecule has 0 saturated heterocycles. The van der Waals surface area contributed by atoms with Crippen LogP contribution in [0.15, 0.2) is 17.3 Å². The summed E-state index contributed by atoms with van der Waals surface area (Å²) in [6.07, 6.45) is 2.29. The Morgan fingerprint density at radius 3 is 2.50 bits per heavy atom. The summed E-state index contributed by atoms with van der Waals surface area (Å²) in [5, 5.41) is 8.67. The summed E-state index contributed by atoms with van der Waals surface area (Å²) < 4.78 is 24.6. The Labute approximate surface area is 93.1 Å². The molecule has 0 fully saturated rings. The van der Waals surface area contributed by atoms with Gasteiger partial charge in [0.2, 0.25) is 16.0 Å². The van der Waals surface area contributed by atoms with Crippen molar-refractivity contribution in [2.24, 2.45) is 5.84 Å². The zero-order valence-electron chi connectivity index (χ0n) is 8.66. The molecule has 0 amide bonds. The van der Waals surface area contributed by atoms with Crippen molar-refractivity contribution in [2.75, 3.05) is 25.6 Å². The zero-order chi connectivity index (χ0) is 12.2. The maximum atomic E-state index is 11.8. The van der Waals surface area contributed by atoms with Gasteiger partial charge >= 0.3 is 0 Å². The number of nitrogens with two attached hydrogens (primary N) is 1. The molecule has 1 rings (SSSR count). The molecule has 4 N–H and O–H groups in total. The van der Waals surface area contributed by atoms with Crippen LogP contribution in [0.1, 0.15) is 0 Å². The number of nitrogen functional groups attached to an aromatic ring is 1. The van der Waals surface area contributed by atoms with Crippen LogP contribution in [-0.4, -0.2) is 48.0 Å². The Bertz CT molecular complexity index is 432. The lowest BCUT2D eigenvalue weighted by molar-refractivity contribution is 0.266. The van der Waals surface area contributed by atoms with E-state index < -0.39 is 10.0 Å². The van der Waals surface area contributed by atoms with Gasteiger partial charge in [-0.25, -0.2) is 24.2 Å². The van der Waals surface area contributed by atoms with Crippen LogP contribution in [0.4, 0.5) is 5.95 Å². The van der Waals surface area contributed by atoms with Gasteiger partial charge in [0.1, 0.15) is 4.90 Å². The number of aromatic nitrogens is 2. The number of hydrogen-bond donors (Lipinski definition) is 3. The van der Waals surface area contributed by atoms with Gasteiger partial charge in [0.25, 0.3) is 0 Å². The van der Waals surface area contributed by atoms with Gasteiger partial charge in [-0.15, -0.1) is 0 Å². The number of rotatable bonds is 5. The van der Waals surface area contributed by atoms with Gasteiger partial charge in [-0.3, -0.25) is 5.43 Å². The molecule has 0 radical (unpaired) electrons. The van der Waals surface area contributed by atoms with E-state index in [1.54, 1.807) is 0 Å². The number of anilines is 1. The minimum atomic E-state index is -3.65. The van der Waals surface area contributed by atoms with Crippen LogP contribution in [0.5, 0.6) is 0 Å². The molecule has 1 aromatic heterocycles. The Morgan fingerprint density at radius 2 is 2.06 bits per heavy atom. The van der Waals surface area contributed by atoms with Gasteiger partial charge in [-0.1, -0.05) is 0 Å². The molecule has 0 aliphatic rings. The minimum Gasteiger partial charge on any atom is -0.395 e. The molecule has 1 heterocycles. The summed E-state index contributed by atoms with van der Waals surface area (Å²) in [7, 11) is -2.28. The first-order valence-corrected chi connectivity index (χ1v) is 5.82. The van der Waals surface area contributed by atoms with Gasteiger partial charge in [-0.2, -0.15) is 4.31 Å². The van der Waals surface area contributed by atoms with Gasteiger partial charge in [0.15, 0.2) is 0 Å². The van der Waals surface area contributed by atoms with E-state index in [0.717, 1.165) is 16.7 Å². The van der Waals surface area contributed by atoms with Crippen LogP contribution in [0.25, 0.3) is 0 Å². The van der Waals surface area contributed by atoms with E-state index in [2.05, 4.69) is 15.4 Å². The Morgan fingerprint density at radius 1 is 1.50 bits per heavy atom. The van der Waals surface area contributed by atoms with E-state index in [1.807, 2.05) is 0 Å². The van der Waals surface area contributed by atoms with Gasteiger partial charge in [0.05, 0.1) is 19.0 Å². The van der Waals surface area contributed by atoms with E-state index in [-0.39, 0.29) is 24.0 Å². The second-order valence-electron chi connectivity index (χ2n) is 2.94. The molecule has 0 spiro atoms. The fourth-order valence-electron chi connectivity index (χ4n) is 0.965. The standard InChI is InChI=1S/C7H13N5O3S/c1-12(2-3-13)16(14,15)6-4-9-7(11-8)10-5-6/h4-5,13H,2-3,8H2,1H3,(H,9,10,11). The van der Waals surface area contributed by atoms with Crippen LogP contribution in [0, 0.1) is 0 Å². The monoisotopic (exact) mass is 247 g/mol. The van der Waals surface area contributed by atoms with E-state index in [9.17, 15) is 8.42 Å². The average Bonchev–Trinajstić information content (AvgIpc) is 2.29. The molecule has 9 heteroatoms. The third-order valence-corrected chi connectivity index (χ3v) is 3.69. The lowest BCUT2D eigenvalue weighted by Gasteiger charge is -2.15. The minimum absolute atomic E-state index is 0.0131. The number of hydrogen-bond acceptors (Lipinski definition) is 7. The maximum absolute atomic E-state index is 11.8. The molecule has 0 aliphatic carbocycles. The first-order valence-electron chi connectivity index (χ1n) is 4.38. The van der Waals surface area contributed by atoms with E-state index in [1.165, 1.54) is 7.05 Å². The van der Waals surface area contributed by atoms with Crippen molar-refractivity contribution in [3.63, 3.8) is 0 Å². The number of nitrogens with one attached hydrogen (secondary N) is 1. The first kappa shape index (κ1) is 12.8. The second-order valence-corrected chi connectivity index (χ2v) is 4.98. The predicted molar refractivity (Wildman–Crippen MR) is 56.7 cm³/mol. The summed E-state index contributed by atoms with van der Waals surface area (Å²) in [5.74, 6) is 5.18. The quantitative estimate of drug-likeness (QED) is 0.422. The molecular weight excluding hydrogens is 234 g/mol. The highest BCUT2D eigenvalue weighted by Crippen LogP contribution is 2.12. The summed E-state index contributed by atoms with van der Waals surface area (Å²) in [4.78, 5) is 7.33. The number of aliphatic hydroxyl groups is 1. The van der Waals surface area contributed by atoms with Crippen molar-refractivity contribution in [1.29, 1.82) is 0 Å². The van der Waals surface area contributed by atoms with Crippen LogP contribution in [0.3, 0.4) is 0 Å². The SMILES string of the molecule is CN(CCO)S(=O)(=O)c1cnc(NN)nc1. The largest absolute Gasteiger partial charge is 0.395 e.